The fourth-order valence-electron chi connectivity index (χ4n) is 1.74. The zero-order valence-electron chi connectivity index (χ0n) is 8.35. The number of benzene rings is 1. The third kappa shape index (κ3) is 1.64. The number of fused-ring (bicyclic) bond motifs is 1. The fraction of sp³-hybridized carbons (Fsp3) is 0.273. The molecule has 0 aliphatic carbocycles. The second kappa shape index (κ2) is 3.82. The van der Waals surface area contributed by atoms with E-state index in [9.17, 15) is 5.11 Å². The van der Waals surface area contributed by atoms with Crippen LogP contribution in [0.2, 0.25) is 0 Å². The minimum absolute atomic E-state index is 0.115. The maximum absolute atomic E-state index is 9.90. The number of aliphatic hydroxyl groups is 1. The zero-order valence-corrected chi connectivity index (χ0v) is 8.35. The van der Waals surface area contributed by atoms with Crippen LogP contribution < -0.4 is 5.73 Å². The highest BCUT2D eigenvalue weighted by Crippen LogP contribution is 2.31. The van der Waals surface area contributed by atoms with Gasteiger partial charge in [-0.15, -0.1) is 0 Å². The number of aryl methyl sites for hydroxylation is 1. The Kier molecular flexibility index (Phi) is 2.51. The molecule has 2 rings (SSSR count). The lowest BCUT2D eigenvalue weighted by Gasteiger charge is -2.02. The highest BCUT2D eigenvalue weighted by molar-refractivity contribution is 5.97. The van der Waals surface area contributed by atoms with E-state index in [1.165, 1.54) is 0 Å². The first-order valence-corrected chi connectivity index (χ1v) is 4.91. The first-order valence-electron chi connectivity index (χ1n) is 4.91. The van der Waals surface area contributed by atoms with Crippen molar-refractivity contribution < 1.29 is 10.2 Å². The lowest BCUT2D eigenvalue weighted by Crippen LogP contribution is -1.97. The molecule has 15 heavy (non-hydrogen) atoms. The number of hydrogen-bond acceptors (Lipinski definition) is 3. The minimum atomic E-state index is 0.115. The number of rotatable bonds is 3. The van der Waals surface area contributed by atoms with E-state index < -0.39 is 0 Å². The van der Waals surface area contributed by atoms with Gasteiger partial charge in [0, 0.05) is 30.4 Å². The summed E-state index contributed by atoms with van der Waals surface area (Å²) in [7, 11) is 0. The molecule has 1 aromatic carbocycles. The summed E-state index contributed by atoms with van der Waals surface area (Å²) in [4.78, 5) is 0. The van der Waals surface area contributed by atoms with Crippen LogP contribution in [0.3, 0.4) is 0 Å². The van der Waals surface area contributed by atoms with Crippen LogP contribution in [-0.2, 0) is 6.54 Å². The molecule has 0 aliphatic heterocycles. The maximum atomic E-state index is 9.90. The molecule has 0 unspecified atom stereocenters. The van der Waals surface area contributed by atoms with Gasteiger partial charge in [0.15, 0.2) is 0 Å². The van der Waals surface area contributed by atoms with Gasteiger partial charge < -0.3 is 20.5 Å². The first-order chi connectivity index (χ1) is 7.24. The number of aromatic hydroxyl groups is 1. The van der Waals surface area contributed by atoms with Gasteiger partial charge in [-0.2, -0.15) is 0 Å². The Morgan fingerprint density at radius 3 is 2.80 bits per heavy atom. The van der Waals surface area contributed by atoms with Crippen molar-refractivity contribution in [2.45, 2.75) is 13.0 Å². The van der Waals surface area contributed by atoms with E-state index in [0.29, 0.717) is 24.0 Å². The highest BCUT2D eigenvalue weighted by atomic mass is 16.3. The molecule has 1 aromatic heterocycles. The van der Waals surface area contributed by atoms with Gasteiger partial charge in [0.05, 0.1) is 5.39 Å². The predicted molar refractivity (Wildman–Crippen MR) is 59.7 cm³/mol. The van der Waals surface area contributed by atoms with Crippen molar-refractivity contribution in [3.63, 3.8) is 0 Å². The molecular weight excluding hydrogens is 192 g/mol. The van der Waals surface area contributed by atoms with Gasteiger partial charge in [-0.05, 0) is 12.5 Å². The molecule has 0 bridgehead atoms. The number of aromatic nitrogens is 1. The van der Waals surface area contributed by atoms with Crippen molar-refractivity contribution in [3.8, 4) is 5.88 Å². The molecular formula is C11H14N2O2. The highest BCUT2D eigenvalue weighted by Gasteiger charge is 2.09. The summed E-state index contributed by atoms with van der Waals surface area (Å²) in [5, 5.41) is 20.2. The molecule has 1 heterocycles. The molecule has 0 amide bonds. The second-order valence-corrected chi connectivity index (χ2v) is 3.53. The van der Waals surface area contributed by atoms with E-state index in [2.05, 4.69) is 0 Å². The Labute approximate surface area is 87.6 Å². The second-order valence-electron chi connectivity index (χ2n) is 3.53. The lowest BCUT2D eigenvalue weighted by atomic mass is 10.2. The van der Waals surface area contributed by atoms with E-state index in [0.717, 1.165) is 5.39 Å². The van der Waals surface area contributed by atoms with Crippen LogP contribution >= 0.6 is 0 Å². The van der Waals surface area contributed by atoms with Crippen LogP contribution in [0.1, 0.15) is 6.42 Å². The van der Waals surface area contributed by atoms with Gasteiger partial charge in [-0.25, -0.2) is 0 Å². The van der Waals surface area contributed by atoms with Gasteiger partial charge in [0.1, 0.15) is 0 Å². The van der Waals surface area contributed by atoms with E-state index in [-0.39, 0.29) is 12.5 Å². The molecule has 4 heteroatoms. The summed E-state index contributed by atoms with van der Waals surface area (Å²) < 4.78 is 1.71. The quantitative estimate of drug-likeness (QED) is 0.663. The topological polar surface area (TPSA) is 71.4 Å². The number of hydrogen-bond donors (Lipinski definition) is 3. The molecule has 4 N–H and O–H groups in total. The van der Waals surface area contributed by atoms with Crippen LogP contribution in [0, 0.1) is 0 Å². The third-order valence-corrected chi connectivity index (χ3v) is 2.48. The Hall–Kier alpha value is -1.68. The SMILES string of the molecule is Nc1cccc2cn(CCCO)c(O)c12. The number of nitrogens with two attached hydrogens (primary N) is 1. The van der Waals surface area contributed by atoms with Crippen LogP contribution in [0.25, 0.3) is 10.8 Å². The van der Waals surface area contributed by atoms with Gasteiger partial charge in [-0.3, -0.25) is 0 Å². The van der Waals surface area contributed by atoms with Crippen LogP contribution in [0.5, 0.6) is 5.88 Å². The van der Waals surface area contributed by atoms with E-state index in [1.807, 2.05) is 18.3 Å². The van der Waals surface area contributed by atoms with Gasteiger partial charge >= 0.3 is 0 Å². The average Bonchev–Trinajstić information content (AvgIpc) is 2.54. The van der Waals surface area contributed by atoms with E-state index in [4.69, 9.17) is 10.8 Å². The standard InChI is InChI=1S/C11H14N2O2/c12-9-4-1-3-8-7-13(5-2-6-14)11(15)10(8)9/h1,3-4,7,14-15H,2,5-6,12H2. The fourth-order valence-corrected chi connectivity index (χ4v) is 1.74. The Morgan fingerprint density at radius 1 is 1.33 bits per heavy atom. The smallest absolute Gasteiger partial charge is 0.201 e. The van der Waals surface area contributed by atoms with Gasteiger partial charge in [0.25, 0.3) is 0 Å². The normalized spacial score (nSPS) is 11.0. The lowest BCUT2D eigenvalue weighted by molar-refractivity contribution is 0.276. The number of anilines is 1. The van der Waals surface area contributed by atoms with Crippen molar-refractivity contribution in [1.82, 2.24) is 4.57 Å². The van der Waals surface area contributed by atoms with E-state index >= 15 is 0 Å². The van der Waals surface area contributed by atoms with Crippen LogP contribution in [-0.4, -0.2) is 21.4 Å². The molecule has 0 saturated heterocycles. The first kappa shape index (κ1) is 9.86. The Morgan fingerprint density at radius 2 is 2.13 bits per heavy atom. The largest absolute Gasteiger partial charge is 0.494 e. The number of aliphatic hydroxyl groups excluding tert-OH is 1. The summed E-state index contributed by atoms with van der Waals surface area (Å²) in [6.45, 7) is 0.708. The minimum Gasteiger partial charge on any atom is -0.494 e. The molecule has 2 aromatic rings. The summed E-state index contributed by atoms with van der Waals surface area (Å²) >= 11 is 0. The molecule has 0 fully saturated rings. The third-order valence-electron chi connectivity index (χ3n) is 2.48. The Bertz CT molecular complexity index is 477. The van der Waals surface area contributed by atoms with Crippen LogP contribution in [0.4, 0.5) is 5.69 Å². The maximum Gasteiger partial charge on any atom is 0.201 e. The monoisotopic (exact) mass is 206 g/mol. The number of nitrogen functional groups attached to an aromatic ring is 1. The Balaban J connectivity index is 2.50. The van der Waals surface area contributed by atoms with Crippen LogP contribution in [0.15, 0.2) is 24.4 Å². The zero-order chi connectivity index (χ0) is 10.8. The van der Waals surface area contributed by atoms with Crippen molar-refractivity contribution in [2.75, 3.05) is 12.3 Å². The molecule has 0 aliphatic rings. The molecule has 80 valence electrons. The van der Waals surface area contributed by atoms with Crippen molar-refractivity contribution in [3.05, 3.63) is 24.4 Å². The van der Waals surface area contributed by atoms with Crippen molar-refractivity contribution >= 4 is 16.5 Å². The number of nitrogens with zero attached hydrogens (tertiary/aromatic N) is 1. The average molecular weight is 206 g/mol. The molecule has 0 spiro atoms. The summed E-state index contributed by atoms with van der Waals surface area (Å²) in [6.07, 6.45) is 2.46. The molecule has 0 atom stereocenters. The summed E-state index contributed by atoms with van der Waals surface area (Å²) in [5.74, 6) is 0.177. The van der Waals surface area contributed by atoms with E-state index in [1.54, 1.807) is 10.6 Å². The molecule has 4 nitrogen and oxygen atoms in total. The van der Waals surface area contributed by atoms with Gasteiger partial charge in [0.2, 0.25) is 5.88 Å². The van der Waals surface area contributed by atoms with Crippen molar-refractivity contribution in [1.29, 1.82) is 0 Å². The summed E-state index contributed by atoms with van der Waals surface area (Å²) in [5.41, 5.74) is 6.35. The summed E-state index contributed by atoms with van der Waals surface area (Å²) in [6, 6.07) is 5.52. The molecule has 0 radical (unpaired) electrons. The van der Waals surface area contributed by atoms with Gasteiger partial charge in [-0.1, -0.05) is 12.1 Å². The predicted octanol–water partition coefficient (Wildman–Crippen LogP) is 1.31. The van der Waals surface area contributed by atoms with Crippen molar-refractivity contribution in [2.24, 2.45) is 0 Å². The molecule has 0 saturated carbocycles.